The predicted octanol–water partition coefficient (Wildman–Crippen LogP) is 5.14. The predicted molar refractivity (Wildman–Crippen MR) is 108 cm³/mol. The number of halogens is 2. The molecule has 0 radical (unpaired) electrons. The van der Waals surface area contributed by atoms with Crippen molar-refractivity contribution in [3.8, 4) is 0 Å². The van der Waals surface area contributed by atoms with Crippen molar-refractivity contribution in [3.63, 3.8) is 0 Å². The van der Waals surface area contributed by atoms with Crippen molar-refractivity contribution in [3.05, 3.63) is 93.9 Å². The van der Waals surface area contributed by atoms with Gasteiger partial charge in [0, 0.05) is 10.0 Å². The molecule has 0 saturated heterocycles. The lowest BCUT2D eigenvalue weighted by Crippen LogP contribution is -2.37. The maximum absolute atomic E-state index is 12.4. The monoisotopic (exact) mass is 402 g/mol. The molecule has 1 aromatic heterocycles. The summed E-state index contributed by atoms with van der Waals surface area (Å²) in [5.74, 6) is 0.615. The third-order valence-electron chi connectivity index (χ3n) is 4.23. The molecule has 3 rings (SSSR count). The van der Waals surface area contributed by atoms with Gasteiger partial charge in [-0.05, 0) is 42.3 Å². The molecule has 2 aromatic carbocycles. The molecule has 0 unspecified atom stereocenters. The fourth-order valence-corrected chi connectivity index (χ4v) is 3.47. The van der Waals surface area contributed by atoms with E-state index in [1.54, 1.807) is 18.4 Å². The largest absolute Gasteiger partial charge is 0.467 e. The first-order chi connectivity index (χ1) is 13.0. The Balaban J connectivity index is 1.64. The number of amides is 1. The Morgan fingerprint density at radius 3 is 2.52 bits per heavy atom. The summed E-state index contributed by atoms with van der Waals surface area (Å²) >= 11 is 12.1. The Labute approximate surface area is 168 Å². The Kier molecular flexibility index (Phi) is 6.56. The van der Waals surface area contributed by atoms with Crippen LogP contribution in [0.5, 0.6) is 0 Å². The zero-order valence-corrected chi connectivity index (χ0v) is 16.3. The summed E-state index contributed by atoms with van der Waals surface area (Å²) < 4.78 is 5.54. The number of carbonyl (C=O) groups excluding carboxylic acids is 1. The molecular formula is C21H20Cl2N2O2. The van der Waals surface area contributed by atoms with E-state index in [0.717, 1.165) is 16.9 Å². The number of furan rings is 1. The quantitative estimate of drug-likeness (QED) is 0.574. The van der Waals surface area contributed by atoms with Crippen molar-refractivity contribution >= 4 is 29.1 Å². The second-order valence-electron chi connectivity index (χ2n) is 6.20. The van der Waals surface area contributed by atoms with Gasteiger partial charge < -0.3 is 9.73 Å². The lowest BCUT2D eigenvalue weighted by Gasteiger charge is -2.19. The van der Waals surface area contributed by atoms with Crippen molar-refractivity contribution in [2.45, 2.75) is 19.0 Å². The smallest absolute Gasteiger partial charge is 0.234 e. The number of rotatable bonds is 7. The number of hydrogen-bond donors (Lipinski definition) is 2. The number of nitrogens with one attached hydrogen (secondary N) is 2. The first-order valence-electron chi connectivity index (χ1n) is 8.60. The van der Waals surface area contributed by atoms with Gasteiger partial charge in [0.05, 0.1) is 24.9 Å². The van der Waals surface area contributed by atoms with Gasteiger partial charge in [-0.15, -0.1) is 0 Å². The minimum absolute atomic E-state index is 0.135. The van der Waals surface area contributed by atoms with Gasteiger partial charge in [-0.1, -0.05) is 59.6 Å². The number of hydrogen-bond acceptors (Lipinski definition) is 3. The van der Waals surface area contributed by atoms with E-state index < -0.39 is 0 Å². The minimum Gasteiger partial charge on any atom is -0.467 e. The molecule has 140 valence electrons. The average Bonchev–Trinajstić information content (AvgIpc) is 3.17. The van der Waals surface area contributed by atoms with E-state index in [1.165, 1.54) is 0 Å². The summed E-state index contributed by atoms with van der Waals surface area (Å²) in [6.45, 7) is 2.02. The van der Waals surface area contributed by atoms with E-state index in [2.05, 4.69) is 10.6 Å². The van der Waals surface area contributed by atoms with Crippen LogP contribution >= 0.6 is 23.2 Å². The molecule has 0 spiro atoms. The SMILES string of the molecule is C[C@@H](NC(=O)CN[C@@H](c1ccccc1)c1ccco1)c1ccc(Cl)cc1Cl. The third kappa shape index (κ3) is 5.13. The van der Waals surface area contributed by atoms with Crippen LogP contribution in [0.1, 0.15) is 35.9 Å². The van der Waals surface area contributed by atoms with Crippen molar-refractivity contribution in [2.75, 3.05) is 6.54 Å². The molecule has 0 aliphatic rings. The Hall–Kier alpha value is -2.27. The number of carbonyl (C=O) groups is 1. The zero-order chi connectivity index (χ0) is 19.2. The van der Waals surface area contributed by atoms with Crippen LogP contribution in [0.15, 0.2) is 71.3 Å². The van der Waals surface area contributed by atoms with Crippen LogP contribution in [0.2, 0.25) is 10.0 Å². The molecule has 3 aromatic rings. The lowest BCUT2D eigenvalue weighted by molar-refractivity contribution is -0.121. The van der Waals surface area contributed by atoms with Crippen molar-refractivity contribution in [2.24, 2.45) is 0 Å². The molecule has 1 heterocycles. The normalized spacial score (nSPS) is 13.1. The van der Waals surface area contributed by atoms with Crippen LogP contribution < -0.4 is 10.6 Å². The highest BCUT2D eigenvalue weighted by Crippen LogP contribution is 2.26. The molecule has 0 aliphatic carbocycles. The van der Waals surface area contributed by atoms with Crippen LogP contribution in [-0.4, -0.2) is 12.5 Å². The van der Waals surface area contributed by atoms with Gasteiger partial charge in [0.1, 0.15) is 5.76 Å². The molecule has 27 heavy (non-hydrogen) atoms. The summed E-state index contributed by atoms with van der Waals surface area (Å²) in [5.41, 5.74) is 1.84. The van der Waals surface area contributed by atoms with Gasteiger partial charge in [-0.3, -0.25) is 10.1 Å². The molecular weight excluding hydrogens is 383 g/mol. The van der Waals surface area contributed by atoms with Gasteiger partial charge in [0.2, 0.25) is 5.91 Å². The maximum atomic E-state index is 12.4. The molecule has 0 fully saturated rings. The Morgan fingerprint density at radius 2 is 1.85 bits per heavy atom. The summed E-state index contributed by atoms with van der Waals surface area (Å²) in [7, 11) is 0. The van der Waals surface area contributed by atoms with Gasteiger partial charge in [-0.2, -0.15) is 0 Å². The molecule has 2 N–H and O–H groups in total. The zero-order valence-electron chi connectivity index (χ0n) is 14.8. The van der Waals surface area contributed by atoms with E-state index in [-0.39, 0.29) is 24.5 Å². The number of benzene rings is 2. The van der Waals surface area contributed by atoms with E-state index in [4.69, 9.17) is 27.6 Å². The molecule has 0 bridgehead atoms. The van der Waals surface area contributed by atoms with Crippen LogP contribution in [0.3, 0.4) is 0 Å². The highest BCUT2D eigenvalue weighted by molar-refractivity contribution is 6.35. The first kappa shape index (κ1) is 19.5. The molecule has 6 heteroatoms. The molecule has 1 amide bonds. The Bertz CT molecular complexity index is 882. The van der Waals surface area contributed by atoms with E-state index >= 15 is 0 Å². The maximum Gasteiger partial charge on any atom is 0.234 e. The minimum atomic E-state index is -0.233. The van der Waals surface area contributed by atoms with E-state index in [0.29, 0.717) is 10.0 Å². The van der Waals surface area contributed by atoms with Crippen molar-refractivity contribution in [1.29, 1.82) is 0 Å². The van der Waals surface area contributed by atoms with E-state index in [1.807, 2.05) is 55.5 Å². The summed E-state index contributed by atoms with van der Waals surface area (Å²) in [6.07, 6.45) is 1.62. The van der Waals surface area contributed by atoms with Gasteiger partial charge in [0.15, 0.2) is 0 Å². The van der Waals surface area contributed by atoms with Crippen LogP contribution in [0.25, 0.3) is 0 Å². The van der Waals surface area contributed by atoms with Crippen molar-refractivity contribution < 1.29 is 9.21 Å². The van der Waals surface area contributed by atoms with E-state index in [9.17, 15) is 4.79 Å². The summed E-state index contributed by atoms with van der Waals surface area (Å²) in [4.78, 5) is 12.4. The molecule has 4 nitrogen and oxygen atoms in total. The average molecular weight is 403 g/mol. The summed E-state index contributed by atoms with van der Waals surface area (Å²) in [5, 5.41) is 7.30. The highest BCUT2D eigenvalue weighted by atomic mass is 35.5. The topological polar surface area (TPSA) is 54.3 Å². The van der Waals surface area contributed by atoms with Gasteiger partial charge in [-0.25, -0.2) is 0 Å². The van der Waals surface area contributed by atoms with Gasteiger partial charge >= 0.3 is 0 Å². The van der Waals surface area contributed by atoms with Crippen LogP contribution in [0, 0.1) is 0 Å². The molecule has 2 atom stereocenters. The van der Waals surface area contributed by atoms with Crippen LogP contribution in [-0.2, 0) is 4.79 Å². The standard InChI is InChI=1S/C21H20Cl2N2O2/c1-14(17-10-9-16(22)12-18(17)23)25-20(26)13-24-21(19-8-5-11-27-19)15-6-3-2-4-7-15/h2-12,14,21,24H,13H2,1H3,(H,25,26)/t14-,21+/m1/s1. The fourth-order valence-electron chi connectivity index (χ4n) is 2.90. The Morgan fingerprint density at radius 1 is 1.07 bits per heavy atom. The summed E-state index contributed by atoms with van der Waals surface area (Å²) in [6, 6.07) is 18.4. The lowest BCUT2D eigenvalue weighted by atomic mass is 10.0. The van der Waals surface area contributed by atoms with Gasteiger partial charge in [0.25, 0.3) is 0 Å². The van der Waals surface area contributed by atoms with Crippen LogP contribution in [0.4, 0.5) is 0 Å². The van der Waals surface area contributed by atoms with Crippen molar-refractivity contribution in [1.82, 2.24) is 10.6 Å². The molecule has 0 aliphatic heterocycles. The third-order valence-corrected chi connectivity index (χ3v) is 4.80. The second kappa shape index (κ2) is 9.09. The fraction of sp³-hybridized carbons (Fsp3) is 0.190. The molecule has 0 saturated carbocycles. The highest BCUT2D eigenvalue weighted by Gasteiger charge is 2.19. The first-order valence-corrected chi connectivity index (χ1v) is 9.36. The second-order valence-corrected chi connectivity index (χ2v) is 7.04.